The van der Waals surface area contributed by atoms with Crippen LogP contribution in [0, 0.1) is 0 Å². The lowest BCUT2D eigenvalue weighted by atomic mass is 9.80. The van der Waals surface area contributed by atoms with Crippen LogP contribution in [0.25, 0.3) is 10.2 Å². The number of benzene rings is 2. The van der Waals surface area contributed by atoms with E-state index in [1.807, 2.05) is 34.7 Å². The van der Waals surface area contributed by atoms with E-state index in [1.54, 1.807) is 11.3 Å². The Hall–Kier alpha value is -2.28. The molecule has 2 atom stereocenters. The minimum Gasteiger partial charge on any atom is -0.378 e. The zero-order valence-electron chi connectivity index (χ0n) is 17.8. The highest BCUT2D eigenvalue weighted by Crippen LogP contribution is 2.44. The molecule has 0 unspecified atom stereocenters. The summed E-state index contributed by atoms with van der Waals surface area (Å²) in [6.07, 6.45) is 3.71. The number of hydrogen-bond donors (Lipinski definition) is 0. The first-order valence-corrected chi connectivity index (χ1v) is 12.0. The van der Waals surface area contributed by atoms with Crippen LogP contribution >= 0.6 is 11.3 Å². The lowest BCUT2D eigenvalue weighted by Crippen LogP contribution is -2.52. The first-order valence-electron chi connectivity index (χ1n) is 11.1. The summed E-state index contributed by atoms with van der Waals surface area (Å²) < 4.78 is 13.9. The van der Waals surface area contributed by atoms with E-state index in [2.05, 4.69) is 36.2 Å². The van der Waals surface area contributed by atoms with Crippen molar-refractivity contribution in [2.24, 2.45) is 0 Å². The molecule has 31 heavy (non-hydrogen) atoms. The van der Waals surface area contributed by atoms with Crippen LogP contribution in [0.1, 0.15) is 54.6 Å². The summed E-state index contributed by atoms with van der Waals surface area (Å²) in [5, 5.41) is 0. The zero-order valence-corrected chi connectivity index (χ0v) is 18.6. The maximum atomic E-state index is 13.1. The van der Waals surface area contributed by atoms with Crippen molar-refractivity contribution in [1.82, 2.24) is 9.88 Å². The number of carbonyl (C=O) groups is 1. The van der Waals surface area contributed by atoms with Gasteiger partial charge in [-0.25, -0.2) is 4.98 Å². The summed E-state index contributed by atoms with van der Waals surface area (Å²) in [6.45, 7) is 4.19. The average molecular weight is 437 g/mol. The molecule has 0 bridgehead atoms. The third kappa shape index (κ3) is 4.25. The van der Waals surface area contributed by atoms with Crippen molar-refractivity contribution in [1.29, 1.82) is 0 Å². The number of carbonyl (C=O) groups excluding carboxylic acids is 1. The molecule has 1 spiro atoms. The molecule has 5 rings (SSSR count). The number of rotatable bonds is 4. The van der Waals surface area contributed by atoms with Gasteiger partial charge in [-0.3, -0.25) is 4.79 Å². The van der Waals surface area contributed by atoms with Gasteiger partial charge in [-0.2, -0.15) is 0 Å². The largest absolute Gasteiger partial charge is 0.378 e. The molecule has 5 nitrogen and oxygen atoms in total. The fraction of sp³-hybridized carbons (Fsp3) is 0.440. The molecule has 1 aromatic heterocycles. The molecular formula is C25H28N2O3S. The van der Waals surface area contributed by atoms with Gasteiger partial charge in [0.1, 0.15) is 0 Å². The number of aromatic nitrogens is 1. The maximum absolute atomic E-state index is 13.1. The summed E-state index contributed by atoms with van der Waals surface area (Å²) in [4.78, 5) is 19.4. The highest BCUT2D eigenvalue weighted by atomic mass is 32.1. The molecule has 0 radical (unpaired) electrons. The van der Waals surface area contributed by atoms with Crippen molar-refractivity contribution < 1.29 is 14.3 Å². The van der Waals surface area contributed by atoms with Crippen molar-refractivity contribution >= 4 is 27.5 Å². The standard InChI is InChI=1S/C25H28N2O3S/c1-2-29-20-15-22(18-6-4-3-5-7-18)30-25(16-20)10-12-27(13-11-25)24(28)19-8-9-21-23(14-19)31-17-26-21/h3-9,14,17,20,22H,2,10-13,15-16H2,1H3/t20-,22-/m1/s1. The highest BCUT2D eigenvalue weighted by Gasteiger charge is 2.45. The smallest absolute Gasteiger partial charge is 0.253 e. The zero-order chi connectivity index (χ0) is 21.3. The molecule has 2 fully saturated rings. The first kappa shape index (κ1) is 20.6. The Balaban J connectivity index is 1.30. The van der Waals surface area contributed by atoms with Crippen molar-refractivity contribution in [3.8, 4) is 0 Å². The van der Waals surface area contributed by atoms with Gasteiger partial charge in [0, 0.05) is 38.1 Å². The number of thiazole rings is 1. The number of likely N-dealkylation sites (tertiary alicyclic amines) is 1. The van der Waals surface area contributed by atoms with Crippen LogP contribution in [-0.4, -0.2) is 47.2 Å². The fourth-order valence-corrected chi connectivity index (χ4v) is 5.70. The SMILES string of the molecule is CCO[C@@H]1C[C@H](c2ccccc2)OC2(CCN(C(=O)c3ccc4ncsc4c3)CC2)C1. The lowest BCUT2D eigenvalue weighted by Gasteiger charge is -2.48. The molecular weight excluding hydrogens is 408 g/mol. The van der Waals surface area contributed by atoms with E-state index in [1.165, 1.54) is 5.56 Å². The van der Waals surface area contributed by atoms with Crippen molar-refractivity contribution in [3.63, 3.8) is 0 Å². The molecule has 3 aromatic rings. The molecule has 2 aliphatic heterocycles. The number of fused-ring (bicyclic) bond motifs is 1. The van der Waals surface area contributed by atoms with E-state index in [0.717, 1.165) is 41.5 Å². The molecule has 3 heterocycles. The number of amides is 1. The van der Waals surface area contributed by atoms with Gasteiger partial charge < -0.3 is 14.4 Å². The summed E-state index contributed by atoms with van der Waals surface area (Å²) in [5.41, 5.74) is 4.50. The van der Waals surface area contributed by atoms with Crippen LogP contribution in [-0.2, 0) is 9.47 Å². The van der Waals surface area contributed by atoms with Crippen LogP contribution < -0.4 is 0 Å². The number of piperidine rings is 1. The lowest BCUT2D eigenvalue weighted by molar-refractivity contribution is -0.190. The molecule has 2 saturated heterocycles. The summed E-state index contributed by atoms with van der Waals surface area (Å²) in [6, 6.07) is 16.2. The molecule has 0 aliphatic carbocycles. The molecule has 1 amide bonds. The number of hydrogen-bond acceptors (Lipinski definition) is 5. The third-order valence-electron chi connectivity index (χ3n) is 6.58. The minimum atomic E-state index is -0.225. The molecule has 2 aromatic carbocycles. The molecule has 0 saturated carbocycles. The van der Waals surface area contributed by atoms with Gasteiger partial charge in [0.05, 0.1) is 33.5 Å². The van der Waals surface area contributed by atoms with Crippen molar-refractivity contribution in [2.75, 3.05) is 19.7 Å². The Morgan fingerprint density at radius 3 is 2.81 bits per heavy atom. The van der Waals surface area contributed by atoms with Crippen LogP contribution in [0.3, 0.4) is 0 Å². The van der Waals surface area contributed by atoms with Gasteiger partial charge in [0.15, 0.2) is 0 Å². The maximum Gasteiger partial charge on any atom is 0.253 e. The second-order valence-electron chi connectivity index (χ2n) is 8.54. The van der Waals surface area contributed by atoms with Gasteiger partial charge in [0.25, 0.3) is 5.91 Å². The van der Waals surface area contributed by atoms with E-state index >= 15 is 0 Å². The van der Waals surface area contributed by atoms with E-state index in [4.69, 9.17) is 9.47 Å². The Bertz CT molecular complexity index is 1040. The molecule has 0 N–H and O–H groups in total. The second-order valence-corrected chi connectivity index (χ2v) is 9.43. The third-order valence-corrected chi connectivity index (χ3v) is 7.37. The van der Waals surface area contributed by atoms with E-state index in [0.29, 0.717) is 19.7 Å². The first-order chi connectivity index (χ1) is 15.2. The van der Waals surface area contributed by atoms with Gasteiger partial charge in [-0.05, 0) is 43.5 Å². The van der Waals surface area contributed by atoms with Gasteiger partial charge in [-0.15, -0.1) is 11.3 Å². The van der Waals surface area contributed by atoms with Gasteiger partial charge in [-0.1, -0.05) is 30.3 Å². The monoisotopic (exact) mass is 436 g/mol. The van der Waals surface area contributed by atoms with Gasteiger partial charge in [0.2, 0.25) is 0 Å². The quantitative estimate of drug-likeness (QED) is 0.562. The van der Waals surface area contributed by atoms with E-state index in [-0.39, 0.29) is 23.7 Å². The summed E-state index contributed by atoms with van der Waals surface area (Å²) in [5.74, 6) is 0.0990. The van der Waals surface area contributed by atoms with Crippen LogP contribution in [0.2, 0.25) is 0 Å². The topological polar surface area (TPSA) is 51.7 Å². The molecule has 2 aliphatic rings. The molecule has 162 valence electrons. The minimum absolute atomic E-state index is 0.0440. The average Bonchev–Trinajstić information content (AvgIpc) is 3.28. The number of ether oxygens (including phenoxy) is 2. The Morgan fingerprint density at radius 1 is 1.23 bits per heavy atom. The van der Waals surface area contributed by atoms with Crippen molar-refractivity contribution in [2.45, 2.75) is 50.4 Å². The molecule has 6 heteroatoms. The predicted octanol–water partition coefficient (Wildman–Crippen LogP) is 5.23. The van der Waals surface area contributed by atoms with Crippen LogP contribution in [0.4, 0.5) is 0 Å². The summed E-state index contributed by atoms with van der Waals surface area (Å²) in [7, 11) is 0. The normalized spacial score (nSPS) is 23.3. The van der Waals surface area contributed by atoms with Crippen LogP contribution in [0.15, 0.2) is 54.0 Å². The van der Waals surface area contributed by atoms with Crippen molar-refractivity contribution in [3.05, 3.63) is 65.2 Å². The second kappa shape index (κ2) is 8.69. The Morgan fingerprint density at radius 2 is 2.03 bits per heavy atom. The number of nitrogens with zero attached hydrogens (tertiary/aromatic N) is 2. The predicted molar refractivity (Wildman–Crippen MR) is 122 cm³/mol. The Kier molecular flexibility index (Phi) is 5.78. The summed E-state index contributed by atoms with van der Waals surface area (Å²) >= 11 is 1.57. The van der Waals surface area contributed by atoms with Gasteiger partial charge >= 0.3 is 0 Å². The van der Waals surface area contributed by atoms with E-state index in [9.17, 15) is 4.79 Å². The fourth-order valence-electron chi connectivity index (χ4n) is 4.98. The van der Waals surface area contributed by atoms with Crippen LogP contribution in [0.5, 0.6) is 0 Å². The van der Waals surface area contributed by atoms with E-state index < -0.39 is 0 Å². The highest BCUT2D eigenvalue weighted by molar-refractivity contribution is 7.16. The Labute approximate surface area is 187 Å².